The van der Waals surface area contributed by atoms with Crippen molar-refractivity contribution in [2.75, 3.05) is 0 Å². The molecular formula is C11H9ClN2O3. The van der Waals surface area contributed by atoms with Crippen LogP contribution in [-0.2, 0) is 6.73 Å². The molecule has 0 aliphatic heterocycles. The Morgan fingerprint density at radius 1 is 1.41 bits per heavy atom. The summed E-state index contributed by atoms with van der Waals surface area (Å²) in [6.45, 7) is 0.108. The molecule has 2 aromatic rings. The first kappa shape index (κ1) is 11.5. The van der Waals surface area contributed by atoms with E-state index in [1.165, 1.54) is 10.9 Å². The molecule has 88 valence electrons. The molecule has 1 aromatic heterocycles. The maximum Gasteiger partial charge on any atom is 0.357 e. The Kier molecular flexibility index (Phi) is 3.30. The van der Waals surface area contributed by atoms with Gasteiger partial charge in [0.15, 0.2) is 12.4 Å². The van der Waals surface area contributed by atoms with Crippen LogP contribution in [0.3, 0.4) is 0 Å². The van der Waals surface area contributed by atoms with E-state index in [-0.39, 0.29) is 17.4 Å². The summed E-state index contributed by atoms with van der Waals surface area (Å²) in [5, 5.41) is 12.6. The third-order valence-electron chi connectivity index (χ3n) is 2.03. The van der Waals surface area contributed by atoms with Gasteiger partial charge in [0.05, 0.1) is 5.02 Å². The molecule has 1 N–H and O–H groups in total. The van der Waals surface area contributed by atoms with Crippen LogP contribution in [0, 0.1) is 0 Å². The molecule has 0 spiro atoms. The van der Waals surface area contributed by atoms with E-state index in [2.05, 4.69) is 5.10 Å². The van der Waals surface area contributed by atoms with Crippen LogP contribution in [0.1, 0.15) is 10.5 Å². The topological polar surface area (TPSA) is 64.3 Å². The molecule has 0 fully saturated rings. The van der Waals surface area contributed by atoms with Gasteiger partial charge in [0.2, 0.25) is 0 Å². The molecule has 0 atom stereocenters. The van der Waals surface area contributed by atoms with E-state index in [9.17, 15) is 4.79 Å². The van der Waals surface area contributed by atoms with Gasteiger partial charge in [-0.2, -0.15) is 5.10 Å². The van der Waals surface area contributed by atoms with Gasteiger partial charge in [-0.25, -0.2) is 9.48 Å². The van der Waals surface area contributed by atoms with Crippen molar-refractivity contribution in [3.63, 3.8) is 0 Å². The molecule has 0 unspecified atom stereocenters. The van der Waals surface area contributed by atoms with Gasteiger partial charge in [0.25, 0.3) is 0 Å². The van der Waals surface area contributed by atoms with Crippen LogP contribution in [-0.4, -0.2) is 20.9 Å². The highest BCUT2D eigenvalue weighted by Crippen LogP contribution is 2.14. The van der Waals surface area contributed by atoms with Crippen molar-refractivity contribution >= 4 is 17.6 Å². The number of nitrogens with zero attached hydrogens (tertiary/aromatic N) is 2. The van der Waals surface area contributed by atoms with Gasteiger partial charge in [0, 0.05) is 6.20 Å². The van der Waals surface area contributed by atoms with Crippen molar-refractivity contribution in [2.45, 2.75) is 6.73 Å². The second-order valence-electron chi connectivity index (χ2n) is 3.26. The highest BCUT2D eigenvalue weighted by Gasteiger charge is 2.13. The standard InChI is InChI=1S/C11H9ClN2O3/c12-9-6-14(13-10(9)11(15)16)7-17-8-4-2-1-3-5-8/h1-6H,7H2,(H,15,16). The first-order valence-corrected chi connectivity index (χ1v) is 5.18. The zero-order valence-corrected chi connectivity index (χ0v) is 9.46. The number of rotatable bonds is 4. The molecule has 0 amide bonds. The number of carbonyl (C=O) groups is 1. The molecule has 0 aliphatic carbocycles. The molecule has 1 aromatic carbocycles. The minimum absolute atomic E-state index is 0.0918. The van der Waals surface area contributed by atoms with E-state index in [0.29, 0.717) is 5.75 Å². The van der Waals surface area contributed by atoms with Gasteiger partial charge in [-0.3, -0.25) is 0 Å². The number of carboxylic acid groups (broad SMARTS) is 1. The summed E-state index contributed by atoms with van der Waals surface area (Å²) in [6.07, 6.45) is 1.41. The van der Waals surface area contributed by atoms with E-state index < -0.39 is 5.97 Å². The molecule has 1 heterocycles. The lowest BCUT2D eigenvalue weighted by Crippen LogP contribution is -2.07. The third-order valence-corrected chi connectivity index (χ3v) is 2.30. The number of carboxylic acids is 1. The van der Waals surface area contributed by atoms with Crippen molar-refractivity contribution in [3.8, 4) is 5.75 Å². The Balaban J connectivity index is 2.05. The first-order chi connectivity index (χ1) is 8.16. The number of benzene rings is 1. The first-order valence-electron chi connectivity index (χ1n) is 4.81. The second kappa shape index (κ2) is 4.88. The van der Waals surface area contributed by atoms with Crippen LogP contribution in [0.2, 0.25) is 5.02 Å². The average Bonchev–Trinajstić information content (AvgIpc) is 2.69. The van der Waals surface area contributed by atoms with Gasteiger partial charge in [0.1, 0.15) is 5.75 Å². The highest BCUT2D eigenvalue weighted by atomic mass is 35.5. The summed E-state index contributed by atoms with van der Waals surface area (Å²) in [4.78, 5) is 10.7. The summed E-state index contributed by atoms with van der Waals surface area (Å²) < 4.78 is 6.72. The van der Waals surface area contributed by atoms with Crippen molar-refractivity contribution in [1.82, 2.24) is 9.78 Å². The van der Waals surface area contributed by atoms with Crippen LogP contribution in [0.5, 0.6) is 5.75 Å². The van der Waals surface area contributed by atoms with E-state index in [0.717, 1.165) is 0 Å². The molecular weight excluding hydrogens is 244 g/mol. The third kappa shape index (κ3) is 2.76. The number of aromatic nitrogens is 2. The Bertz CT molecular complexity index is 525. The molecule has 2 rings (SSSR count). The zero-order chi connectivity index (χ0) is 12.3. The largest absolute Gasteiger partial charge is 0.476 e. The molecule has 0 radical (unpaired) electrons. The lowest BCUT2D eigenvalue weighted by Gasteiger charge is -2.04. The summed E-state index contributed by atoms with van der Waals surface area (Å²) >= 11 is 5.70. The minimum Gasteiger partial charge on any atom is -0.476 e. The lowest BCUT2D eigenvalue weighted by atomic mass is 10.3. The van der Waals surface area contributed by atoms with Crippen molar-refractivity contribution < 1.29 is 14.6 Å². The van der Waals surface area contributed by atoms with Gasteiger partial charge >= 0.3 is 5.97 Å². The summed E-state index contributed by atoms with van der Waals surface area (Å²) in [5.74, 6) is -0.482. The van der Waals surface area contributed by atoms with E-state index >= 15 is 0 Å². The van der Waals surface area contributed by atoms with Crippen LogP contribution in [0.4, 0.5) is 0 Å². The quantitative estimate of drug-likeness (QED) is 0.907. The molecule has 17 heavy (non-hydrogen) atoms. The Labute approximate surface area is 102 Å². The summed E-state index contributed by atoms with van der Waals surface area (Å²) in [7, 11) is 0. The van der Waals surface area contributed by atoms with Crippen molar-refractivity contribution in [2.24, 2.45) is 0 Å². The molecule has 0 bridgehead atoms. The maximum absolute atomic E-state index is 10.7. The molecule has 6 heteroatoms. The fraction of sp³-hybridized carbons (Fsp3) is 0.0909. The van der Waals surface area contributed by atoms with Gasteiger partial charge in [-0.15, -0.1) is 0 Å². The lowest BCUT2D eigenvalue weighted by molar-refractivity contribution is 0.0688. The van der Waals surface area contributed by atoms with Crippen molar-refractivity contribution in [1.29, 1.82) is 0 Å². The fourth-order valence-corrected chi connectivity index (χ4v) is 1.50. The van der Waals surface area contributed by atoms with Crippen molar-refractivity contribution in [3.05, 3.63) is 47.2 Å². The second-order valence-corrected chi connectivity index (χ2v) is 3.66. The van der Waals surface area contributed by atoms with Gasteiger partial charge < -0.3 is 9.84 Å². The minimum atomic E-state index is -1.16. The smallest absolute Gasteiger partial charge is 0.357 e. The van der Waals surface area contributed by atoms with E-state index in [1.807, 2.05) is 18.2 Å². The molecule has 0 aliphatic rings. The Hall–Kier alpha value is -2.01. The molecule has 0 saturated heterocycles. The highest BCUT2D eigenvalue weighted by molar-refractivity contribution is 6.33. The summed E-state index contributed by atoms with van der Waals surface area (Å²) in [5.41, 5.74) is -0.177. The van der Waals surface area contributed by atoms with E-state index in [4.69, 9.17) is 21.4 Å². The average molecular weight is 253 g/mol. The SMILES string of the molecule is O=C(O)c1nn(COc2ccccc2)cc1Cl. The van der Waals surface area contributed by atoms with Gasteiger partial charge in [-0.05, 0) is 12.1 Å². The number of aromatic carboxylic acids is 1. The predicted octanol–water partition coefficient (Wildman–Crippen LogP) is 2.27. The molecule has 5 nitrogen and oxygen atoms in total. The number of ether oxygens (including phenoxy) is 1. The number of hydrogen-bond acceptors (Lipinski definition) is 3. The van der Waals surface area contributed by atoms with Crippen LogP contribution >= 0.6 is 11.6 Å². The summed E-state index contributed by atoms with van der Waals surface area (Å²) in [6, 6.07) is 9.15. The van der Waals surface area contributed by atoms with Crippen LogP contribution in [0.25, 0.3) is 0 Å². The Morgan fingerprint density at radius 2 is 2.12 bits per heavy atom. The van der Waals surface area contributed by atoms with Crippen LogP contribution in [0.15, 0.2) is 36.5 Å². The fourth-order valence-electron chi connectivity index (χ4n) is 1.27. The number of para-hydroxylation sites is 1. The van der Waals surface area contributed by atoms with E-state index in [1.54, 1.807) is 12.1 Å². The monoisotopic (exact) mass is 252 g/mol. The van der Waals surface area contributed by atoms with Crippen LogP contribution < -0.4 is 4.74 Å². The zero-order valence-electron chi connectivity index (χ0n) is 8.71. The normalized spacial score (nSPS) is 10.2. The Morgan fingerprint density at radius 3 is 2.71 bits per heavy atom. The number of hydrogen-bond donors (Lipinski definition) is 1. The number of halogens is 1. The predicted molar refractivity (Wildman–Crippen MR) is 61.3 cm³/mol. The van der Waals surface area contributed by atoms with Gasteiger partial charge in [-0.1, -0.05) is 29.8 Å². The maximum atomic E-state index is 10.7. The molecule has 0 saturated carbocycles.